The summed E-state index contributed by atoms with van der Waals surface area (Å²) in [6, 6.07) is 0. The van der Waals surface area contributed by atoms with E-state index in [9.17, 15) is 9.90 Å². The van der Waals surface area contributed by atoms with E-state index in [1.54, 1.807) is 6.21 Å². The first-order valence-corrected chi connectivity index (χ1v) is 6.23. The van der Waals surface area contributed by atoms with Crippen molar-refractivity contribution in [1.29, 1.82) is 0 Å². The maximum Gasteiger partial charge on any atom is 0.433 e. The quantitative estimate of drug-likeness (QED) is 0.718. The van der Waals surface area contributed by atoms with Crippen LogP contribution in [-0.2, 0) is 4.74 Å². The van der Waals surface area contributed by atoms with E-state index >= 15 is 0 Å². The molecule has 0 radical (unpaired) electrons. The van der Waals surface area contributed by atoms with Gasteiger partial charge in [-0.2, -0.15) is 4.99 Å². The number of rotatable bonds is 1. The molecule has 4 heteroatoms. The van der Waals surface area contributed by atoms with Crippen LogP contribution in [0.2, 0.25) is 0 Å². The normalized spacial score (nSPS) is 30.5. The highest BCUT2D eigenvalue weighted by atomic mass is 16.6. The summed E-state index contributed by atoms with van der Waals surface area (Å²) in [6.45, 7) is 7.48. The summed E-state index contributed by atoms with van der Waals surface area (Å²) in [5, 5.41) is 9.72. The molecule has 1 fully saturated rings. The molecule has 98 valence electrons. The van der Waals surface area contributed by atoms with Crippen LogP contribution >= 0.6 is 0 Å². The summed E-state index contributed by atoms with van der Waals surface area (Å²) in [4.78, 5) is 15.2. The Morgan fingerprint density at radius 3 is 2.59 bits per heavy atom. The van der Waals surface area contributed by atoms with Gasteiger partial charge < -0.3 is 9.84 Å². The van der Waals surface area contributed by atoms with Gasteiger partial charge in [0.2, 0.25) is 0 Å². The molecule has 0 aromatic rings. The average Bonchev–Trinajstić information content (AvgIpc) is 2.17. The number of ether oxygens (including phenoxy) is 1. The lowest BCUT2D eigenvalue weighted by atomic mass is 9.81. The van der Waals surface area contributed by atoms with E-state index in [4.69, 9.17) is 4.74 Å². The minimum absolute atomic E-state index is 0.189. The summed E-state index contributed by atoms with van der Waals surface area (Å²) in [7, 11) is 0. The number of carbonyl (C=O) groups is 1. The van der Waals surface area contributed by atoms with E-state index in [1.165, 1.54) is 0 Å². The van der Waals surface area contributed by atoms with Crippen molar-refractivity contribution < 1.29 is 14.6 Å². The second-order valence-corrected chi connectivity index (χ2v) is 5.88. The van der Waals surface area contributed by atoms with Crippen molar-refractivity contribution in [2.45, 2.75) is 58.7 Å². The lowest BCUT2D eigenvalue weighted by Crippen LogP contribution is -2.28. The second-order valence-electron chi connectivity index (χ2n) is 5.88. The molecule has 0 unspecified atom stereocenters. The summed E-state index contributed by atoms with van der Waals surface area (Å²) in [5.74, 6) is 0.537. The molecule has 0 heterocycles. The predicted molar refractivity (Wildman–Crippen MR) is 67.2 cm³/mol. The summed E-state index contributed by atoms with van der Waals surface area (Å²) < 4.78 is 5.08. The fourth-order valence-corrected chi connectivity index (χ4v) is 1.92. The van der Waals surface area contributed by atoms with Crippen LogP contribution in [0, 0.1) is 11.8 Å². The summed E-state index contributed by atoms with van der Waals surface area (Å²) in [5.41, 5.74) is -0.505. The van der Waals surface area contributed by atoms with Gasteiger partial charge >= 0.3 is 6.09 Å². The fraction of sp³-hybridized carbons (Fsp3) is 0.846. The van der Waals surface area contributed by atoms with Gasteiger partial charge in [0.1, 0.15) is 5.60 Å². The number of carbonyl (C=O) groups excluding carboxylic acids is 1. The minimum atomic E-state index is -0.550. The number of amides is 1. The third-order valence-corrected chi connectivity index (χ3v) is 2.98. The van der Waals surface area contributed by atoms with Gasteiger partial charge in [-0.05, 0) is 51.9 Å². The van der Waals surface area contributed by atoms with Crippen LogP contribution in [0.5, 0.6) is 0 Å². The van der Waals surface area contributed by atoms with Crippen molar-refractivity contribution in [1.82, 2.24) is 0 Å². The van der Waals surface area contributed by atoms with E-state index in [-0.39, 0.29) is 12.0 Å². The summed E-state index contributed by atoms with van der Waals surface area (Å²) >= 11 is 0. The molecule has 1 saturated carbocycles. The molecule has 1 aliphatic carbocycles. The molecule has 0 saturated heterocycles. The van der Waals surface area contributed by atoms with Gasteiger partial charge in [0.05, 0.1) is 6.10 Å². The zero-order chi connectivity index (χ0) is 13.1. The zero-order valence-electron chi connectivity index (χ0n) is 11.1. The lowest BCUT2D eigenvalue weighted by Gasteiger charge is -2.28. The minimum Gasteiger partial charge on any atom is -0.442 e. The van der Waals surface area contributed by atoms with Gasteiger partial charge in [-0.1, -0.05) is 6.92 Å². The van der Waals surface area contributed by atoms with E-state index in [0.29, 0.717) is 12.3 Å². The monoisotopic (exact) mass is 241 g/mol. The smallest absolute Gasteiger partial charge is 0.433 e. The number of aliphatic hydroxyl groups excluding tert-OH is 1. The topological polar surface area (TPSA) is 58.9 Å². The highest BCUT2D eigenvalue weighted by molar-refractivity contribution is 5.80. The van der Waals surface area contributed by atoms with Crippen molar-refractivity contribution in [2.24, 2.45) is 16.8 Å². The van der Waals surface area contributed by atoms with E-state index in [0.717, 1.165) is 12.8 Å². The van der Waals surface area contributed by atoms with Crippen molar-refractivity contribution in [3.8, 4) is 0 Å². The number of aliphatic hydroxyl groups is 1. The Morgan fingerprint density at radius 1 is 1.41 bits per heavy atom. The van der Waals surface area contributed by atoms with Crippen molar-refractivity contribution in [2.75, 3.05) is 0 Å². The van der Waals surface area contributed by atoms with Crippen LogP contribution in [0.4, 0.5) is 4.79 Å². The standard InChI is InChI=1S/C13H23NO3/c1-9-5-6-10(7-11(9)15)8-14-12(16)17-13(2,3)4/h8-11,15H,5-7H2,1-4H3/t9-,10-,11-/m0/s1. The summed E-state index contributed by atoms with van der Waals surface area (Å²) in [6.07, 6.45) is 3.44. The molecule has 0 spiro atoms. The molecule has 3 atom stereocenters. The highest BCUT2D eigenvalue weighted by Gasteiger charge is 2.25. The maximum atomic E-state index is 11.4. The van der Waals surface area contributed by atoms with Gasteiger partial charge in [-0.3, -0.25) is 0 Å². The Labute approximate surface area is 103 Å². The Kier molecular flexibility index (Phi) is 4.69. The average molecular weight is 241 g/mol. The van der Waals surface area contributed by atoms with E-state index < -0.39 is 11.7 Å². The molecule has 4 nitrogen and oxygen atoms in total. The molecule has 1 aliphatic rings. The molecule has 0 aliphatic heterocycles. The number of nitrogens with zero attached hydrogens (tertiary/aromatic N) is 1. The first kappa shape index (κ1) is 14.2. The molecule has 0 aromatic heterocycles. The van der Waals surface area contributed by atoms with Gasteiger partial charge in [0, 0.05) is 6.21 Å². The van der Waals surface area contributed by atoms with E-state index in [1.807, 2.05) is 27.7 Å². The van der Waals surface area contributed by atoms with Crippen molar-refractivity contribution in [3.63, 3.8) is 0 Å². The van der Waals surface area contributed by atoms with Crippen LogP contribution in [0.3, 0.4) is 0 Å². The zero-order valence-corrected chi connectivity index (χ0v) is 11.1. The van der Waals surface area contributed by atoms with Crippen LogP contribution in [0.15, 0.2) is 4.99 Å². The Balaban J connectivity index is 2.41. The van der Waals surface area contributed by atoms with Gasteiger partial charge in [-0.15, -0.1) is 0 Å². The largest absolute Gasteiger partial charge is 0.442 e. The predicted octanol–water partition coefficient (Wildman–Crippen LogP) is 2.79. The second kappa shape index (κ2) is 5.63. The number of aliphatic imine (C=N–C) groups is 1. The first-order chi connectivity index (χ1) is 7.78. The van der Waals surface area contributed by atoms with Crippen LogP contribution < -0.4 is 0 Å². The molecule has 0 aromatic carbocycles. The molecular weight excluding hydrogens is 218 g/mol. The third-order valence-electron chi connectivity index (χ3n) is 2.98. The first-order valence-electron chi connectivity index (χ1n) is 6.23. The molecule has 1 N–H and O–H groups in total. The number of hydrogen-bond acceptors (Lipinski definition) is 3. The Hall–Kier alpha value is -0.900. The molecule has 1 amide bonds. The van der Waals surface area contributed by atoms with Gasteiger partial charge in [-0.25, -0.2) is 4.79 Å². The fourth-order valence-electron chi connectivity index (χ4n) is 1.92. The van der Waals surface area contributed by atoms with E-state index in [2.05, 4.69) is 4.99 Å². The maximum absolute atomic E-state index is 11.4. The van der Waals surface area contributed by atoms with Gasteiger partial charge in [0.25, 0.3) is 0 Å². The molecule has 0 bridgehead atoms. The van der Waals surface area contributed by atoms with Crippen molar-refractivity contribution >= 4 is 12.3 Å². The SMILES string of the molecule is C[C@H]1CC[C@H](C=NC(=O)OC(C)(C)C)C[C@@H]1O. The molecular formula is C13H23NO3. The van der Waals surface area contributed by atoms with Crippen molar-refractivity contribution in [3.05, 3.63) is 0 Å². The number of hydrogen-bond donors (Lipinski definition) is 1. The molecule has 17 heavy (non-hydrogen) atoms. The third kappa shape index (κ3) is 5.31. The van der Waals surface area contributed by atoms with Crippen LogP contribution in [0.25, 0.3) is 0 Å². The van der Waals surface area contributed by atoms with Crippen LogP contribution in [-0.4, -0.2) is 29.1 Å². The lowest BCUT2D eigenvalue weighted by molar-refractivity contribution is 0.0592. The van der Waals surface area contributed by atoms with Crippen LogP contribution in [0.1, 0.15) is 47.0 Å². The molecule has 1 rings (SSSR count). The van der Waals surface area contributed by atoms with Gasteiger partial charge in [0.15, 0.2) is 0 Å². The Bertz CT molecular complexity index is 294. The Morgan fingerprint density at radius 2 is 2.06 bits per heavy atom. The highest BCUT2D eigenvalue weighted by Crippen LogP contribution is 2.27.